The Morgan fingerprint density at radius 1 is 1.09 bits per heavy atom. The van der Waals surface area contributed by atoms with Gasteiger partial charge in [-0.3, -0.25) is 4.99 Å². The van der Waals surface area contributed by atoms with Crippen LogP contribution in [0, 0.1) is 19.7 Å². The summed E-state index contributed by atoms with van der Waals surface area (Å²) < 4.78 is 15.5. The fourth-order valence-electron chi connectivity index (χ4n) is 2.92. The summed E-state index contributed by atoms with van der Waals surface area (Å²) in [7, 11) is 0. The van der Waals surface area contributed by atoms with Gasteiger partial charge in [0.05, 0.1) is 11.4 Å². The molecule has 0 aromatic heterocycles. The lowest BCUT2D eigenvalue weighted by atomic mass is 10.1. The molecule has 0 N–H and O–H groups in total. The van der Waals surface area contributed by atoms with Gasteiger partial charge in [-0.1, -0.05) is 15.9 Å². The van der Waals surface area contributed by atoms with Crippen molar-refractivity contribution in [2.45, 2.75) is 26.7 Å². The zero-order valence-electron chi connectivity index (χ0n) is 13.4. The molecular formula is C19H20BrFN2. The molecule has 3 rings (SSSR count). The van der Waals surface area contributed by atoms with Gasteiger partial charge in [-0.25, -0.2) is 4.39 Å². The average Bonchev–Trinajstić information content (AvgIpc) is 3.03. The summed E-state index contributed by atoms with van der Waals surface area (Å²) >= 11 is 3.45. The van der Waals surface area contributed by atoms with Gasteiger partial charge in [-0.2, -0.15) is 0 Å². The Bertz CT molecular complexity index is 749. The van der Waals surface area contributed by atoms with Gasteiger partial charge in [0, 0.05) is 23.8 Å². The van der Waals surface area contributed by atoms with Crippen LogP contribution in [-0.4, -0.2) is 19.3 Å². The number of rotatable bonds is 3. The van der Waals surface area contributed by atoms with Crippen molar-refractivity contribution in [3.8, 4) is 0 Å². The van der Waals surface area contributed by atoms with Crippen molar-refractivity contribution in [1.82, 2.24) is 0 Å². The smallest absolute Gasteiger partial charge is 0.147 e. The molecule has 0 atom stereocenters. The van der Waals surface area contributed by atoms with Crippen LogP contribution >= 0.6 is 15.9 Å². The Morgan fingerprint density at radius 3 is 2.52 bits per heavy atom. The Labute approximate surface area is 145 Å². The summed E-state index contributed by atoms with van der Waals surface area (Å²) in [5.74, 6) is -0.161. The highest BCUT2D eigenvalue weighted by atomic mass is 79.9. The Kier molecular flexibility index (Phi) is 4.81. The molecule has 0 spiro atoms. The van der Waals surface area contributed by atoms with Crippen LogP contribution in [0.5, 0.6) is 0 Å². The fourth-order valence-corrected chi connectivity index (χ4v) is 3.40. The molecule has 1 aliphatic heterocycles. The summed E-state index contributed by atoms with van der Waals surface area (Å²) in [5, 5.41) is 0. The van der Waals surface area contributed by atoms with Crippen LogP contribution in [0.1, 0.15) is 29.5 Å². The van der Waals surface area contributed by atoms with E-state index in [1.54, 1.807) is 12.3 Å². The lowest BCUT2D eigenvalue weighted by Gasteiger charge is -2.19. The molecule has 1 aliphatic rings. The highest BCUT2D eigenvalue weighted by Gasteiger charge is 2.17. The number of anilines is 1. The first-order valence-corrected chi connectivity index (χ1v) is 8.69. The van der Waals surface area contributed by atoms with Crippen LogP contribution in [0.25, 0.3) is 0 Å². The first-order chi connectivity index (χ1) is 11.0. The van der Waals surface area contributed by atoms with Crippen molar-refractivity contribution in [3.05, 3.63) is 57.3 Å². The summed E-state index contributed by atoms with van der Waals surface area (Å²) in [4.78, 5) is 6.65. The number of hydrogen-bond donors (Lipinski definition) is 0. The highest BCUT2D eigenvalue weighted by Crippen LogP contribution is 2.27. The van der Waals surface area contributed by atoms with Gasteiger partial charge in [0.25, 0.3) is 0 Å². The molecule has 2 aromatic rings. The van der Waals surface area contributed by atoms with Crippen LogP contribution in [-0.2, 0) is 0 Å². The number of aryl methyl sites for hydroxylation is 2. The molecule has 23 heavy (non-hydrogen) atoms. The van der Waals surface area contributed by atoms with Gasteiger partial charge in [0.2, 0.25) is 0 Å². The summed E-state index contributed by atoms with van der Waals surface area (Å²) in [5.41, 5.74) is 4.58. The molecule has 120 valence electrons. The molecule has 0 amide bonds. The second-order valence-electron chi connectivity index (χ2n) is 6.04. The fraction of sp³-hybridized carbons (Fsp3) is 0.316. The molecule has 2 aromatic carbocycles. The number of aliphatic imine (C=N–C) groups is 1. The topological polar surface area (TPSA) is 15.6 Å². The van der Waals surface area contributed by atoms with Gasteiger partial charge < -0.3 is 4.90 Å². The molecule has 4 heteroatoms. The van der Waals surface area contributed by atoms with E-state index in [2.05, 4.69) is 25.8 Å². The van der Waals surface area contributed by atoms with Gasteiger partial charge >= 0.3 is 0 Å². The van der Waals surface area contributed by atoms with E-state index in [-0.39, 0.29) is 5.82 Å². The van der Waals surface area contributed by atoms with Crippen molar-refractivity contribution >= 4 is 33.5 Å². The monoisotopic (exact) mass is 374 g/mol. The van der Waals surface area contributed by atoms with Crippen molar-refractivity contribution < 1.29 is 4.39 Å². The van der Waals surface area contributed by atoms with Crippen LogP contribution in [0.4, 0.5) is 15.8 Å². The number of hydrogen-bond acceptors (Lipinski definition) is 2. The van der Waals surface area contributed by atoms with Crippen molar-refractivity contribution in [1.29, 1.82) is 0 Å². The molecule has 1 saturated heterocycles. The number of benzene rings is 2. The molecule has 0 unspecified atom stereocenters. The second-order valence-corrected chi connectivity index (χ2v) is 6.96. The van der Waals surface area contributed by atoms with Crippen molar-refractivity contribution in [2.24, 2.45) is 4.99 Å². The van der Waals surface area contributed by atoms with Gasteiger partial charge in [0.15, 0.2) is 0 Å². The molecule has 0 aliphatic carbocycles. The molecule has 0 bridgehead atoms. The van der Waals surface area contributed by atoms with E-state index in [0.29, 0.717) is 0 Å². The first kappa shape index (κ1) is 16.2. The standard InChI is InChI=1S/C19H20BrFN2/c1-13-10-19(23-7-3-4-8-23)17(21)11-15(13)12-22-18-6-5-16(20)9-14(18)2/h5-6,9-12H,3-4,7-8H2,1-2H3. The SMILES string of the molecule is Cc1cc(N2CCCC2)c(F)cc1C=Nc1ccc(Br)cc1C. The molecule has 1 fully saturated rings. The molecule has 0 radical (unpaired) electrons. The van der Waals surface area contributed by atoms with Gasteiger partial charge in [0.1, 0.15) is 5.82 Å². The van der Waals surface area contributed by atoms with E-state index in [4.69, 9.17) is 0 Å². The maximum Gasteiger partial charge on any atom is 0.147 e. The second kappa shape index (κ2) is 6.83. The van der Waals surface area contributed by atoms with Gasteiger partial charge in [-0.15, -0.1) is 0 Å². The maximum atomic E-state index is 14.4. The van der Waals surface area contributed by atoms with E-state index in [0.717, 1.165) is 58.5 Å². The highest BCUT2D eigenvalue weighted by molar-refractivity contribution is 9.10. The minimum Gasteiger partial charge on any atom is -0.369 e. The van der Waals surface area contributed by atoms with E-state index < -0.39 is 0 Å². The van der Waals surface area contributed by atoms with E-state index in [1.807, 2.05) is 38.1 Å². The quantitative estimate of drug-likeness (QED) is 0.642. The van der Waals surface area contributed by atoms with E-state index in [1.165, 1.54) is 0 Å². The first-order valence-electron chi connectivity index (χ1n) is 7.90. The van der Waals surface area contributed by atoms with Crippen LogP contribution < -0.4 is 4.90 Å². The largest absolute Gasteiger partial charge is 0.369 e. The predicted molar refractivity (Wildman–Crippen MR) is 98.7 cm³/mol. The van der Waals surface area contributed by atoms with Crippen LogP contribution in [0.3, 0.4) is 0 Å². The lowest BCUT2D eigenvalue weighted by molar-refractivity contribution is 0.622. The molecular weight excluding hydrogens is 355 g/mol. The van der Waals surface area contributed by atoms with Crippen LogP contribution in [0.15, 0.2) is 39.8 Å². The van der Waals surface area contributed by atoms with Crippen LogP contribution in [0.2, 0.25) is 0 Å². The number of nitrogens with zero attached hydrogens (tertiary/aromatic N) is 2. The normalized spacial score (nSPS) is 14.9. The summed E-state index contributed by atoms with van der Waals surface area (Å²) in [6.07, 6.45) is 4.04. The third kappa shape index (κ3) is 3.63. The zero-order chi connectivity index (χ0) is 16.4. The summed E-state index contributed by atoms with van der Waals surface area (Å²) in [6.45, 7) is 5.92. The van der Waals surface area contributed by atoms with Crippen molar-refractivity contribution in [2.75, 3.05) is 18.0 Å². The van der Waals surface area contributed by atoms with Gasteiger partial charge in [-0.05, 0) is 73.7 Å². The minimum atomic E-state index is -0.161. The third-order valence-corrected chi connectivity index (χ3v) is 4.78. The molecule has 1 heterocycles. The van der Waals surface area contributed by atoms with Crippen molar-refractivity contribution in [3.63, 3.8) is 0 Å². The van der Waals surface area contributed by atoms with E-state index >= 15 is 0 Å². The Balaban J connectivity index is 1.88. The number of halogens is 2. The Hall–Kier alpha value is -1.68. The minimum absolute atomic E-state index is 0.161. The third-order valence-electron chi connectivity index (χ3n) is 4.28. The zero-order valence-corrected chi connectivity index (χ0v) is 15.0. The maximum absolute atomic E-state index is 14.4. The lowest BCUT2D eigenvalue weighted by Crippen LogP contribution is -2.19. The Morgan fingerprint density at radius 2 is 1.83 bits per heavy atom. The molecule has 0 saturated carbocycles. The molecule has 2 nitrogen and oxygen atoms in total. The van der Waals surface area contributed by atoms with E-state index in [9.17, 15) is 4.39 Å². The predicted octanol–water partition coefficient (Wildman–Crippen LogP) is 5.56. The summed E-state index contributed by atoms with van der Waals surface area (Å²) in [6, 6.07) is 9.48. The average molecular weight is 375 g/mol.